The SMILES string of the molecule is C.C.[B][CH2-].[CH2-]C1CO1.[Y]. The van der Waals surface area contributed by atoms with Gasteiger partial charge in [-0.25, -0.2) is 0 Å². The number of hydrogen-bond donors (Lipinski definition) is 0. The molecule has 3 heteroatoms. The summed E-state index contributed by atoms with van der Waals surface area (Å²) in [5.41, 5.74) is 0. The molecular formula is C6H15BOY-2. The Kier molecular flexibility index (Phi) is 40.1. The van der Waals surface area contributed by atoms with Gasteiger partial charge in [0, 0.05) is 39.3 Å². The average Bonchev–Trinajstić information content (AvgIpc) is 2.30. The first-order chi connectivity index (χ1) is 2.89. The molecule has 0 amide bonds. The van der Waals surface area contributed by atoms with Gasteiger partial charge in [0.25, 0.3) is 0 Å². The van der Waals surface area contributed by atoms with Crippen LogP contribution in [0, 0.1) is 13.7 Å². The van der Waals surface area contributed by atoms with E-state index in [9.17, 15) is 0 Å². The van der Waals surface area contributed by atoms with Crippen molar-refractivity contribution in [2.75, 3.05) is 6.61 Å². The van der Waals surface area contributed by atoms with Crippen molar-refractivity contribution in [2.24, 2.45) is 0 Å². The Bertz CT molecular complexity index is 32.2. The maximum Gasteiger partial charge on any atom is 0.0414 e. The van der Waals surface area contributed by atoms with Gasteiger partial charge in [0.2, 0.25) is 0 Å². The number of hydrogen-bond acceptors (Lipinski definition) is 1. The summed E-state index contributed by atoms with van der Waals surface area (Å²) in [5, 5.41) is 0. The minimum atomic E-state index is 0. The van der Waals surface area contributed by atoms with Gasteiger partial charge in [-0.05, 0) is 6.10 Å². The van der Waals surface area contributed by atoms with Gasteiger partial charge in [-0.3, -0.25) is 0 Å². The molecule has 53 valence electrons. The molecule has 1 heterocycles. The van der Waals surface area contributed by atoms with E-state index in [1.807, 2.05) is 0 Å². The zero-order chi connectivity index (χ0) is 4.99. The Balaban J connectivity index is -0.0000000236. The van der Waals surface area contributed by atoms with Crippen molar-refractivity contribution >= 4 is 7.85 Å². The van der Waals surface area contributed by atoms with Crippen LogP contribution in [0.1, 0.15) is 14.9 Å². The summed E-state index contributed by atoms with van der Waals surface area (Å²) in [4.78, 5) is 0. The van der Waals surface area contributed by atoms with Crippen LogP contribution >= 0.6 is 0 Å². The van der Waals surface area contributed by atoms with E-state index in [4.69, 9.17) is 0 Å². The van der Waals surface area contributed by atoms with Crippen molar-refractivity contribution < 1.29 is 37.4 Å². The molecule has 1 saturated heterocycles. The quantitative estimate of drug-likeness (QED) is 0.329. The first-order valence-electron chi connectivity index (χ1n) is 1.75. The van der Waals surface area contributed by atoms with Gasteiger partial charge >= 0.3 is 0 Å². The molecule has 0 aromatic rings. The summed E-state index contributed by atoms with van der Waals surface area (Å²) in [6.07, 6.45) is 0.333. The summed E-state index contributed by atoms with van der Waals surface area (Å²) in [5.74, 6) is 0. The molecule has 0 aliphatic carbocycles. The second-order valence-corrected chi connectivity index (χ2v) is 0.955. The molecule has 1 aliphatic heterocycles. The van der Waals surface area contributed by atoms with Gasteiger partial charge in [-0.15, -0.1) is 0 Å². The Morgan fingerprint density at radius 2 is 1.44 bits per heavy atom. The van der Waals surface area contributed by atoms with Crippen molar-refractivity contribution in [1.82, 2.24) is 0 Å². The molecule has 0 aromatic carbocycles. The summed E-state index contributed by atoms with van der Waals surface area (Å²) >= 11 is 0. The van der Waals surface area contributed by atoms with E-state index in [0.717, 1.165) is 6.61 Å². The van der Waals surface area contributed by atoms with Crippen molar-refractivity contribution in [3.63, 3.8) is 0 Å². The van der Waals surface area contributed by atoms with Gasteiger partial charge in [-0.1, -0.05) is 14.9 Å². The maximum absolute atomic E-state index is 4.60. The monoisotopic (exact) mass is 203 g/mol. The summed E-state index contributed by atoms with van der Waals surface area (Å²) in [6.45, 7) is 7.15. The topological polar surface area (TPSA) is 12.5 Å². The fourth-order valence-corrected chi connectivity index (χ4v) is 0.0680. The van der Waals surface area contributed by atoms with Crippen LogP contribution in [0.4, 0.5) is 0 Å². The number of rotatable bonds is 0. The summed E-state index contributed by atoms with van der Waals surface area (Å²) in [6, 6.07) is 0. The Labute approximate surface area is 86.2 Å². The van der Waals surface area contributed by atoms with E-state index >= 15 is 0 Å². The minimum Gasteiger partial charge on any atom is -0.408 e. The predicted octanol–water partition coefficient (Wildman–Crippen LogP) is 1.44. The third kappa shape index (κ3) is 27.2. The molecule has 1 nitrogen and oxygen atoms in total. The first-order valence-corrected chi connectivity index (χ1v) is 1.75. The second-order valence-electron chi connectivity index (χ2n) is 0.955. The fraction of sp³-hybridized carbons (Fsp3) is 0.667. The zero-order valence-electron chi connectivity index (χ0n) is 4.26. The second kappa shape index (κ2) is 16.1. The van der Waals surface area contributed by atoms with Gasteiger partial charge in [0.1, 0.15) is 0 Å². The van der Waals surface area contributed by atoms with Gasteiger partial charge < -0.3 is 18.5 Å². The van der Waals surface area contributed by atoms with Gasteiger partial charge in [-0.2, -0.15) is 7.85 Å². The Morgan fingerprint density at radius 1 is 1.33 bits per heavy atom. The van der Waals surface area contributed by atoms with Crippen LogP contribution in [0.3, 0.4) is 0 Å². The van der Waals surface area contributed by atoms with Crippen LogP contribution in [0.25, 0.3) is 0 Å². The van der Waals surface area contributed by atoms with Crippen molar-refractivity contribution in [3.8, 4) is 0 Å². The van der Waals surface area contributed by atoms with Crippen LogP contribution in [0.2, 0.25) is 0 Å². The van der Waals surface area contributed by atoms with Crippen LogP contribution in [-0.2, 0) is 37.4 Å². The molecule has 1 atom stereocenters. The standard InChI is InChI=1S/C3H5O.CH2B.2CH4.Y/c1-3-2-4-3;1-2;;;/h3H,1-2H2;1H2;2*1H4;/q2*-1;;;. The third-order valence-corrected chi connectivity index (χ3v) is 0.402. The molecule has 0 N–H and O–H groups in total. The molecule has 3 radical (unpaired) electrons. The van der Waals surface area contributed by atoms with Crippen molar-refractivity contribution in [3.05, 3.63) is 13.7 Å². The van der Waals surface area contributed by atoms with E-state index in [2.05, 4.69) is 26.3 Å². The molecule has 0 bridgehead atoms. The third-order valence-electron chi connectivity index (χ3n) is 0.402. The molecule has 0 saturated carbocycles. The van der Waals surface area contributed by atoms with E-state index in [1.165, 1.54) is 0 Å². The van der Waals surface area contributed by atoms with E-state index < -0.39 is 0 Å². The molecular weight excluding hydrogens is 188 g/mol. The number of ether oxygens (including phenoxy) is 1. The normalized spacial score (nSPS) is 18.2. The van der Waals surface area contributed by atoms with E-state index in [-0.39, 0.29) is 47.6 Å². The summed E-state index contributed by atoms with van der Waals surface area (Å²) < 4.78 is 4.60. The Hall–Kier alpha value is 1.13. The van der Waals surface area contributed by atoms with Crippen LogP contribution in [0.5, 0.6) is 0 Å². The van der Waals surface area contributed by atoms with E-state index in [0.29, 0.717) is 6.10 Å². The summed E-state index contributed by atoms with van der Waals surface area (Å²) in [7, 11) is 4.25. The molecule has 0 aromatic heterocycles. The Morgan fingerprint density at radius 3 is 1.44 bits per heavy atom. The van der Waals surface area contributed by atoms with Crippen LogP contribution in [-0.4, -0.2) is 20.6 Å². The fourth-order valence-electron chi connectivity index (χ4n) is 0.0680. The molecule has 1 unspecified atom stereocenters. The van der Waals surface area contributed by atoms with Crippen molar-refractivity contribution in [1.29, 1.82) is 0 Å². The van der Waals surface area contributed by atoms with Gasteiger partial charge in [0.15, 0.2) is 0 Å². The van der Waals surface area contributed by atoms with Crippen LogP contribution in [0.15, 0.2) is 0 Å². The van der Waals surface area contributed by atoms with Crippen molar-refractivity contribution in [2.45, 2.75) is 21.0 Å². The van der Waals surface area contributed by atoms with Gasteiger partial charge in [0.05, 0.1) is 0 Å². The van der Waals surface area contributed by atoms with E-state index in [1.54, 1.807) is 0 Å². The minimum absolute atomic E-state index is 0. The first kappa shape index (κ1) is 22.5. The predicted molar refractivity (Wildman–Crippen MR) is 39.7 cm³/mol. The number of epoxide rings is 1. The molecule has 1 fully saturated rings. The average molecular weight is 203 g/mol. The largest absolute Gasteiger partial charge is 0.408 e. The molecule has 1 rings (SSSR count). The smallest absolute Gasteiger partial charge is 0.0414 e. The molecule has 9 heavy (non-hydrogen) atoms. The molecule has 0 spiro atoms. The maximum atomic E-state index is 4.60. The zero-order valence-corrected chi connectivity index (χ0v) is 7.10. The molecule has 1 aliphatic rings. The van der Waals surface area contributed by atoms with Crippen LogP contribution < -0.4 is 0 Å².